The van der Waals surface area contributed by atoms with Crippen molar-refractivity contribution in [2.45, 2.75) is 51.0 Å². The Bertz CT molecular complexity index is 862. The van der Waals surface area contributed by atoms with Crippen LogP contribution in [0, 0.1) is 6.92 Å². The van der Waals surface area contributed by atoms with Crippen molar-refractivity contribution in [3.05, 3.63) is 41.3 Å². The highest BCUT2D eigenvalue weighted by atomic mass is 19.4. The molecule has 2 aromatic rings. The van der Waals surface area contributed by atoms with Gasteiger partial charge in [-0.25, -0.2) is 4.98 Å². The van der Waals surface area contributed by atoms with Crippen LogP contribution in [0.3, 0.4) is 0 Å². The Morgan fingerprint density at radius 2 is 2.07 bits per heavy atom. The van der Waals surface area contributed by atoms with Crippen LogP contribution in [-0.2, 0) is 17.5 Å². The second kappa shape index (κ2) is 6.67. The molecule has 5 nitrogen and oxygen atoms in total. The van der Waals surface area contributed by atoms with Crippen LogP contribution < -0.4 is 5.32 Å². The average molecular weight is 379 g/mol. The lowest BCUT2D eigenvalue weighted by Crippen LogP contribution is -2.37. The maximum absolute atomic E-state index is 12.9. The molecule has 1 aromatic carbocycles. The van der Waals surface area contributed by atoms with Crippen molar-refractivity contribution >= 4 is 5.91 Å². The number of hydrogen-bond acceptors (Lipinski definition) is 4. The molecule has 4 rings (SSSR count). The summed E-state index contributed by atoms with van der Waals surface area (Å²) in [5.74, 6) is 0.837. The van der Waals surface area contributed by atoms with E-state index in [-0.39, 0.29) is 23.9 Å². The van der Waals surface area contributed by atoms with Crippen molar-refractivity contribution < 1.29 is 22.4 Å². The number of carbonyl (C=O) groups excluding carboxylic acids is 1. The first-order valence-electron chi connectivity index (χ1n) is 8.97. The molecule has 144 valence electrons. The highest BCUT2D eigenvalue weighted by Crippen LogP contribution is 2.34. The molecule has 3 heterocycles. The topological polar surface area (TPSA) is 58.4 Å². The third-order valence-electron chi connectivity index (χ3n) is 5.39. The van der Waals surface area contributed by atoms with Crippen molar-refractivity contribution in [1.82, 2.24) is 15.2 Å². The van der Waals surface area contributed by atoms with E-state index in [2.05, 4.69) is 15.2 Å². The Labute approximate surface area is 154 Å². The summed E-state index contributed by atoms with van der Waals surface area (Å²) in [4.78, 5) is 18.5. The van der Waals surface area contributed by atoms with Crippen LogP contribution in [0.25, 0.3) is 11.5 Å². The van der Waals surface area contributed by atoms with Gasteiger partial charge < -0.3 is 9.73 Å². The first-order chi connectivity index (χ1) is 12.8. The van der Waals surface area contributed by atoms with Crippen LogP contribution in [0.1, 0.15) is 36.3 Å². The second-order valence-electron chi connectivity index (χ2n) is 7.17. The van der Waals surface area contributed by atoms with Crippen LogP contribution in [0.2, 0.25) is 0 Å². The van der Waals surface area contributed by atoms with E-state index in [9.17, 15) is 18.0 Å². The Morgan fingerprint density at radius 3 is 2.85 bits per heavy atom. The molecule has 0 saturated carbocycles. The van der Waals surface area contributed by atoms with Crippen LogP contribution >= 0.6 is 0 Å². The zero-order valence-electron chi connectivity index (χ0n) is 14.8. The van der Waals surface area contributed by atoms with Gasteiger partial charge in [0, 0.05) is 37.2 Å². The van der Waals surface area contributed by atoms with Gasteiger partial charge in [-0.05, 0) is 38.0 Å². The Hall–Kier alpha value is -2.35. The number of fused-ring (bicyclic) bond motifs is 2. The van der Waals surface area contributed by atoms with Gasteiger partial charge in [0.25, 0.3) is 0 Å². The predicted octanol–water partition coefficient (Wildman–Crippen LogP) is 3.52. The van der Waals surface area contributed by atoms with E-state index >= 15 is 0 Å². The summed E-state index contributed by atoms with van der Waals surface area (Å²) >= 11 is 0. The molecule has 2 bridgehead atoms. The summed E-state index contributed by atoms with van der Waals surface area (Å²) in [5, 5.41) is 2.93. The van der Waals surface area contributed by atoms with Crippen LogP contribution in [0.4, 0.5) is 13.2 Å². The van der Waals surface area contributed by atoms with E-state index < -0.39 is 11.7 Å². The van der Waals surface area contributed by atoms with Crippen molar-refractivity contribution in [3.63, 3.8) is 0 Å². The zero-order chi connectivity index (χ0) is 19.2. The van der Waals surface area contributed by atoms with Crippen LogP contribution in [0.5, 0.6) is 0 Å². The number of benzene rings is 1. The molecule has 1 amide bonds. The van der Waals surface area contributed by atoms with Crippen LogP contribution in [0.15, 0.2) is 28.7 Å². The summed E-state index contributed by atoms with van der Waals surface area (Å²) in [7, 11) is 0. The number of alkyl halides is 3. The molecule has 2 fully saturated rings. The normalized spacial score (nSPS) is 23.3. The minimum Gasteiger partial charge on any atom is -0.441 e. The molecule has 1 N–H and O–H groups in total. The summed E-state index contributed by atoms with van der Waals surface area (Å²) < 4.78 is 44.5. The standard InChI is InChI=1S/C19H20F3N3O2/c1-11-16(10-25-14-5-6-15(25)9-23-17(26)8-14)24-18(27-11)12-3-2-4-13(7-12)19(20,21)22/h2-4,7,14-15H,5-6,8-10H2,1H3,(H,23,26)/t14-,15+/m0/s1. The first-order valence-corrected chi connectivity index (χ1v) is 8.97. The maximum atomic E-state index is 12.9. The molecule has 2 aliphatic heterocycles. The van der Waals surface area contributed by atoms with Gasteiger partial charge in [0.1, 0.15) is 5.76 Å². The van der Waals surface area contributed by atoms with Gasteiger partial charge in [-0.2, -0.15) is 13.2 Å². The molecular weight excluding hydrogens is 359 g/mol. The lowest BCUT2D eigenvalue weighted by molar-refractivity contribution is -0.137. The molecule has 0 spiro atoms. The summed E-state index contributed by atoms with van der Waals surface area (Å²) in [6.45, 7) is 2.91. The molecule has 0 aliphatic carbocycles. The molecule has 8 heteroatoms. The first kappa shape index (κ1) is 18.0. The minimum atomic E-state index is -4.41. The van der Waals surface area contributed by atoms with Crippen molar-refractivity contribution in [3.8, 4) is 11.5 Å². The molecule has 0 unspecified atom stereocenters. The fourth-order valence-corrected chi connectivity index (χ4v) is 3.93. The molecule has 1 aromatic heterocycles. The number of halogens is 3. The van der Waals surface area contributed by atoms with Crippen molar-refractivity contribution in [1.29, 1.82) is 0 Å². The Morgan fingerprint density at radius 1 is 1.30 bits per heavy atom. The minimum absolute atomic E-state index is 0.0636. The highest BCUT2D eigenvalue weighted by Gasteiger charge is 2.38. The number of nitrogens with zero attached hydrogens (tertiary/aromatic N) is 2. The van der Waals surface area contributed by atoms with Gasteiger partial charge in [0.2, 0.25) is 11.8 Å². The Kier molecular flexibility index (Phi) is 4.46. The van der Waals surface area contributed by atoms with E-state index in [4.69, 9.17) is 4.42 Å². The lowest BCUT2D eigenvalue weighted by atomic mass is 10.1. The fourth-order valence-electron chi connectivity index (χ4n) is 3.93. The van der Waals surface area contributed by atoms with Gasteiger partial charge in [0.05, 0.1) is 11.3 Å². The number of hydrogen-bond donors (Lipinski definition) is 1. The highest BCUT2D eigenvalue weighted by molar-refractivity contribution is 5.77. The predicted molar refractivity (Wildman–Crippen MR) is 91.7 cm³/mol. The molecule has 2 atom stereocenters. The Balaban J connectivity index is 1.58. The number of oxazole rings is 1. The van der Waals surface area contributed by atoms with Gasteiger partial charge in [0.15, 0.2) is 0 Å². The zero-order valence-corrected chi connectivity index (χ0v) is 14.8. The SMILES string of the molecule is Cc1oc(-c2cccc(C(F)(F)F)c2)nc1CN1[C@@H]2CC[C@H]1CC(=O)NC2. The molecule has 2 saturated heterocycles. The molecule has 2 aliphatic rings. The number of carbonyl (C=O) groups is 1. The smallest absolute Gasteiger partial charge is 0.416 e. The van der Waals surface area contributed by atoms with E-state index in [1.807, 2.05) is 0 Å². The van der Waals surface area contributed by atoms with E-state index in [1.54, 1.807) is 13.0 Å². The second-order valence-corrected chi connectivity index (χ2v) is 7.17. The molecule has 0 radical (unpaired) electrons. The number of nitrogens with one attached hydrogen (secondary N) is 1. The fraction of sp³-hybridized carbons (Fsp3) is 0.474. The van der Waals surface area contributed by atoms with Crippen molar-refractivity contribution in [2.24, 2.45) is 0 Å². The monoisotopic (exact) mass is 379 g/mol. The quantitative estimate of drug-likeness (QED) is 0.887. The number of aryl methyl sites for hydroxylation is 1. The third kappa shape index (κ3) is 3.58. The van der Waals surface area contributed by atoms with Gasteiger partial charge >= 0.3 is 6.18 Å². The largest absolute Gasteiger partial charge is 0.441 e. The van der Waals surface area contributed by atoms with Crippen molar-refractivity contribution in [2.75, 3.05) is 6.54 Å². The average Bonchev–Trinajstić information content (AvgIpc) is 3.11. The van der Waals surface area contributed by atoms with Gasteiger partial charge in [-0.3, -0.25) is 9.69 Å². The lowest BCUT2D eigenvalue weighted by Gasteiger charge is -2.26. The summed E-state index contributed by atoms with van der Waals surface area (Å²) in [6, 6.07) is 5.42. The van der Waals surface area contributed by atoms with E-state index in [0.717, 1.165) is 25.0 Å². The third-order valence-corrected chi connectivity index (χ3v) is 5.39. The summed E-state index contributed by atoms with van der Waals surface area (Å²) in [6.07, 6.45) is -1.96. The molecular formula is C19H20F3N3O2. The van der Waals surface area contributed by atoms with Gasteiger partial charge in [-0.15, -0.1) is 0 Å². The number of amides is 1. The van der Waals surface area contributed by atoms with Gasteiger partial charge in [-0.1, -0.05) is 6.07 Å². The molecule has 27 heavy (non-hydrogen) atoms. The number of aromatic nitrogens is 1. The summed E-state index contributed by atoms with van der Waals surface area (Å²) in [5.41, 5.74) is 0.274. The van der Waals surface area contributed by atoms with Crippen LogP contribution in [-0.4, -0.2) is 34.4 Å². The van der Waals surface area contributed by atoms with E-state index in [0.29, 0.717) is 36.5 Å². The maximum Gasteiger partial charge on any atom is 0.416 e. The number of rotatable bonds is 3. The van der Waals surface area contributed by atoms with E-state index in [1.165, 1.54) is 6.07 Å².